The fraction of sp³-hybridized carbons (Fsp3) is 0.174. The van der Waals surface area contributed by atoms with E-state index >= 15 is 0 Å². The highest BCUT2D eigenvalue weighted by Crippen LogP contribution is 2.08. The van der Waals surface area contributed by atoms with E-state index < -0.39 is 0 Å². The highest BCUT2D eigenvalue weighted by atomic mass is 16.2. The van der Waals surface area contributed by atoms with Crippen molar-refractivity contribution in [3.8, 4) is 0 Å². The first-order chi connectivity index (χ1) is 13.5. The molecule has 0 aliphatic carbocycles. The molecule has 0 unspecified atom stereocenters. The fourth-order valence-corrected chi connectivity index (χ4v) is 2.84. The second kappa shape index (κ2) is 8.95. The molecule has 0 atom stereocenters. The summed E-state index contributed by atoms with van der Waals surface area (Å²) in [7, 11) is 0. The third-order valence-corrected chi connectivity index (χ3v) is 4.62. The minimum absolute atomic E-state index is 0.220. The van der Waals surface area contributed by atoms with Gasteiger partial charge in [0.1, 0.15) is 11.4 Å². The van der Waals surface area contributed by atoms with Crippen molar-refractivity contribution >= 4 is 11.8 Å². The lowest BCUT2D eigenvalue weighted by molar-refractivity contribution is 0.0941. The average molecular weight is 373 g/mol. The van der Waals surface area contributed by atoms with Crippen molar-refractivity contribution in [1.82, 2.24) is 15.6 Å². The van der Waals surface area contributed by atoms with Gasteiger partial charge >= 0.3 is 0 Å². The van der Waals surface area contributed by atoms with E-state index in [4.69, 9.17) is 0 Å². The molecule has 0 fully saturated rings. The Bertz CT molecular complexity index is 922. The zero-order valence-corrected chi connectivity index (χ0v) is 16.0. The molecule has 5 nitrogen and oxygen atoms in total. The van der Waals surface area contributed by atoms with Gasteiger partial charge in [0.15, 0.2) is 0 Å². The molecule has 0 radical (unpaired) electrons. The molecule has 0 spiro atoms. The largest absolute Gasteiger partial charge is 0.347 e. The van der Waals surface area contributed by atoms with E-state index in [0.29, 0.717) is 13.1 Å². The second-order valence-corrected chi connectivity index (χ2v) is 6.63. The molecule has 1 heterocycles. The zero-order valence-electron chi connectivity index (χ0n) is 16.0. The maximum absolute atomic E-state index is 12.4. The minimum Gasteiger partial charge on any atom is -0.347 e. The molecule has 0 aliphatic heterocycles. The topological polar surface area (TPSA) is 71.1 Å². The number of benzene rings is 2. The monoisotopic (exact) mass is 373 g/mol. The zero-order chi connectivity index (χ0) is 19.9. The van der Waals surface area contributed by atoms with Crippen LogP contribution in [0.3, 0.4) is 0 Å². The Balaban J connectivity index is 1.62. The Morgan fingerprint density at radius 2 is 1.11 bits per heavy atom. The lowest BCUT2D eigenvalue weighted by atomic mass is 10.1. The summed E-state index contributed by atoms with van der Waals surface area (Å²) in [5.41, 5.74) is 4.75. The van der Waals surface area contributed by atoms with Gasteiger partial charge < -0.3 is 10.6 Å². The predicted molar refractivity (Wildman–Crippen MR) is 109 cm³/mol. The maximum Gasteiger partial charge on any atom is 0.270 e. The van der Waals surface area contributed by atoms with Gasteiger partial charge in [-0.1, -0.05) is 54.6 Å². The Morgan fingerprint density at radius 3 is 1.54 bits per heavy atom. The van der Waals surface area contributed by atoms with E-state index in [9.17, 15) is 9.59 Å². The van der Waals surface area contributed by atoms with Crippen LogP contribution in [0, 0.1) is 13.8 Å². The molecule has 3 aromatic rings. The van der Waals surface area contributed by atoms with Crippen molar-refractivity contribution in [1.29, 1.82) is 0 Å². The average Bonchev–Trinajstić information content (AvgIpc) is 2.72. The molecule has 0 saturated carbocycles. The highest BCUT2D eigenvalue weighted by molar-refractivity contribution is 5.96. The van der Waals surface area contributed by atoms with E-state index in [1.54, 1.807) is 18.2 Å². The smallest absolute Gasteiger partial charge is 0.270 e. The van der Waals surface area contributed by atoms with Crippen molar-refractivity contribution in [2.45, 2.75) is 26.9 Å². The molecule has 0 aliphatic rings. The van der Waals surface area contributed by atoms with Gasteiger partial charge in [-0.3, -0.25) is 9.59 Å². The van der Waals surface area contributed by atoms with Gasteiger partial charge in [-0.15, -0.1) is 0 Å². The Hall–Kier alpha value is -3.47. The van der Waals surface area contributed by atoms with Crippen LogP contribution in [0.5, 0.6) is 0 Å². The van der Waals surface area contributed by atoms with Gasteiger partial charge in [-0.05, 0) is 48.2 Å². The van der Waals surface area contributed by atoms with Crippen molar-refractivity contribution < 1.29 is 9.59 Å². The molecule has 2 aromatic carbocycles. The quantitative estimate of drug-likeness (QED) is 0.694. The van der Waals surface area contributed by atoms with Crippen LogP contribution < -0.4 is 10.6 Å². The first-order valence-electron chi connectivity index (χ1n) is 9.17. The summed E-state index contributed by atoms with van der Waals surface area (Å²) in [6.45, 7) is 4.83. The van der Waals surface area contributed by atoms with Crippen LogP contribution in [0.1, 0.15) is 43.2 Å². The SMILES string of the molecule is Cc1ccccc1CNC(=O)c1cccc(C(=O)NCc2ccccc2C)n1. The molecule has 2 amide bonds. The number of nitrogens with one attached hydrogen (secondary N) is 2. The number of hydrogen-bond acceptors (Lipinski definition) is 3. The molecular formula is C23H23N3O2. The van der Waals surface area contributed by atoms with Crippen molar-refractivity contribution in [3.05, 3.63) is 100 Å². The molecular weight excluding hydrogens is 350 g/mol. The molecule has 2 N–H and O–H groups in total. The Morgan fingerprint density at radius 1 is 0.679 bits per heavy atom. The second-order valence-electron chi connectivity index (χ2n) is 6.63. The summed E-state index contributed by atoms with van der Waals surface area (Å²) < 4.78 is 0. The third kappa shape index (κ3) is 4.82. The molecule has 0 bridgehead atoms. The van der Waals surface area contributed by atoms with Crippen molar-refractivity contribution in [2.24, 2.45) is 0 Å². The van der Waals surface area contributed by atoms with Crippen LogP contribution in [0.15, 0.2) is 66.7 Å². The minimum atomic E-state index is -0.309. The van der Waals surface area contributed by atoms with Gasteiger partial charge in [-0.2, -0.15) is 0 Å². The number of carbonyl (C=O) groups excluding carboxylic acids is 2. The van der Waals surface area contributed by atoms with Gasteiger partial charge in [0.2, 0.25) is 0 Å². The summed E-state index contributed by atoms with van der Waals surface area (Å²) in [4.78, 5) is 29.1. The van der Waals surface area contributed by atoms with Gasteiger partial charge in [-0.25, -0.2) is 4.98 Å². The van der Waals surface area contributed by atoms with E-state index in [-0.39, 0.29) is 23.2 Å². The molecule has 0 saturated heterocycles. The van der Waals surface area contributed by atoms with Gasteiger partial charge in [0.25, 0.3) is 11.8 Å². The van der Waals surface area contributed by atoms with Crippen LogP contribution in [0.2, 0.25) is 0 Å². The first-order valence-corrected chi connectivity index (χ1v) is 9.17. The van der Waals surface area contributed by atoms with Crippen molar-refractivity contribution in [2.75, 3.05) is 0 Å². The number of aromatic nitrogens is 1. The fourth-order valence-electron chi connectivity index (χ4n) is 2.84. The first kappa shape index (κ1) is 19.3. The van der Waals surface area contributed by atoms with Crippen LogP contribution in [-0.2, 0) is 13.1 Å². The summed E-state index contributed by atoms with van der Waals surface area (Å²) in [5, 5.41) is 5.71. The number of amides is 2. The summed E-state index contributed by atoms with van der Waals surface area (Å²) in [5.74, 6) is -0.617. The maximum atomic E-state index is 12.4. The van der Waals surface area contributed by atoms with Crippen LogP contribution in [0.4, 0.5) is 0 Å². The lowest BCUT2D eigenvalue weighted by Crippen LogP contribution is -2.27. The summed E-state index contributed by atoms with van der Waals surface area (Å²) in [6.07, 6.45) is 0. The molecule has 28 heavy (non-hydrogen) atoms. The number of hydrogen-bond donors (Lipinski definition) is 2. The summed E-state index contributed by atoms with van der Waals surface area (Å²) >= 11 is 0. The van der Waals surface area contributed by atoms with E-state index in [1.807, 2.05) is 62.4 Å². The number of rotatable bonds is 6. The van der Waals surface area contributed by atoms with Crippen LogP contribution >= 0.6 is 0 Å². The normalized spacial score (nSPS) is 10.4. The molecule has 1 aromatic heterocycles. The number of nitrogens with zero attached hydrogens (tertiary/aromatic N) is 1. The number of aryl methyl sites for hydroxylation is 2. The lowest BCUT2D eigenvalue weighted by Gasteiger charge is -2.09. The molecule has 5 heteroatoms. The third-order valence-electron chi connectivity index (χ3n) is 4.62. The van der Waals surface area contributed by atoms with Gasteiger partial charge in [0.05, 0.1) is 0 Å². The number of pyridine rings is 1. The Labute approximate surface area is 164 Å². The number of carbonyl (C=O) groups is 2. The molecule has 3 rings (SSSR count). The van der Waals surface area contributed by atoms with E-state index in [2.05, 4.69) is 15.6 Å². The van der Waals surface area contributed by atoms with Crippen LogP contribution in [-0.4, -0.2) is 16.8 Å². The standard InChI is InChI=1S/C23H23N3O2/c1-16-8-3-5-10-18(16)14-24-22(27)20-12-7-13-21(26-20)23(28)25-15-19-11-6-4-9-17(19)2/h3-13H,14-15H2,1-2H3,(H,24,27)(H,25,28). The van der Waals surface area contributed by atoms with Crippen LogP contribution in [0.25, 0.3) is 0 Å². The predicted octanol–water partition coefficient (Wildman–Crippen LogP) is 3.56. The summed E-state index contributed by atoms with van der Waals surface area (Å²) in [6, 6.07) is 20.6. The Kier molecular flexibility index (Phi) is 6.17. The van der Waals surface area contributed by atoms with E-state index in [0.717, 1.165) is 22.3 Å². The highest BCUT2D eigenvalue weighted by Gasteiger charge is 2.12. The van der Waals surface area contributed by atoms with E-state index in [1.165, 1.54) is 0 Å². The van der Waals surface area contributed by atoms with Gasteiger partial charge in [0, 0.05) is 13.1 Å². The van der Waals surface area contributed by atoms with Crippen molar-refractivity contribution in [3.63, 3.8) is 0 Å². The molecule has 142 valence electrons.